The highest BCUT2D eigenvalue weighted by Gasteiger charge is 2.23. The number of hydrogen-bond donors (Lipinski definition) is 2. The van der Waals surface area contributed by atoms with Crippen molar-refractivity contribution in [2.75, 3.05) is 17.2 Å². The Morgan fingerprint density at radius 3 is 2.94 bits per heavy atom. The van der Waals surface area contributed by atoms with Crippen molar-refractivity contribution in [1.29, 1.82) is 0 Å². The molecule has 2 N–H and O–H groups in total. The van der Waals surface area contributed by atoms with Crippen LogP contribution >= 0.6 is 0 Å². The van der Waals surface area contributed by atoms with Crippen molar-refractivity contribution in [2.24, 2.45) is 5.92 Å². The first kappa shape index (κ1) is 11.2. The SMILES string of the molecule is CCNc1cc(NC(C)C2CCC2)ccn1. The summed E-state index contributed by atoms with van der Waals surface area (Å²) in [7, 11) is 0. The minimum atomic E-state index is 0.575. The second-order valence-electron chi connectivity index (χ2n) is 4.58. The third kappa shape index (κ3) is 2.65. The Morgan fingerprint density at radius 1 is 1.50 bits per heavy atom. The van der Waals surface area contributed by atoms with Crippen LogP contribution in [-0.2, 0) is 0 Å². The van der Waals surface area contributed by atoms with E-state index in [1.165, 1.54) is 24.9 Å². The number of nitrogens with one attached hydrogen (secondary N) is 2. The van der Waals surface area contributed by atoms with Crippen molar-refractivity contribution in [3.05, 3.63) is 18.3 Å². The monoisotopic (exact) mass is 219 g/mol. The maximum atomic E-state index is 4.26. The molecule has 3 nitrogen and oxygen atoms in total. The fourth-order valence-corrected chi connectivity index (χ4v) is 2.12. The summed E-state index contributed by atoms with van der Waals surface area (Å²) in [6.07, 6.45) is 6.00. The Bertz CT molecular complexity index is 334. The van der Waals surface area contributed by atoms with Gasteiger partial charge in [0.2, 0.25) is 0 Å². The number of hydrogen-bond acceptors (Lipinski definition) is 3. The lowest BCUT2D eigenvalue weighted by Crippen LogP contribution is -2.30. The van der Waals surface area contributed by atoms with Gasteiger partial charge in [0.15, 0.2) is 0 Å². The number of aromatic nitrogens is 1. The zero-order valence-electron chi connectivity index (χ0n) is 10.2. The molecule has 1 heterocycles. The third-order valence-electron chi connectivity index (χ3n) is 3.37. The second-order valence-corrected chi connectivity index (χ2v) is 4.58. The van der Waals surface area contributed by atoms with Crippen LogP contribution in [0.5, 0.6) is 0 Å². The van der Waals surface area contributed by atoms with Crippen molar-refractivity contribution >= 4 is 11.5 Å². The predicted molar refractivity (Wildman–Crippen MR) is 68.8 cm³/mol. The highest BCUT2D eigenvalue weighted by molar-refractivity contribution is 5.52. The van der Waals surface area contributed by atoms with Crippen LogP contribution in [0.4, 0.5) is 11.5 Å². The zero-order valence-corrected chi connectivity index (χ0v) is 10.2. The minimum Gasteiger partial charge on any atom is -0.382 e. The quantitative estimate of drug-likeness (QED) is 0.799. The van der Waals surface area contributed by atoms with E-state index in [0.717, 1.165) is 18.3 Å². The van der Waals surface area contributed by atoms with Gasteiger partial charge in [0.05, 0.1) is 0 Å². The van der Waals surface area contributed by atoms with Gasteiger partial charge in [-0.2, -0.15) is 0 Å². The van der Waals surface area contributed by atoms with Gasteiger partial charge in [0.25, 0.3) is 0 Å². The van der Waals surface area contributed by atoms with Crippen LogP contribution < -0.4 is 10.6 Å². The molecule has 0 amide bonds. The molecule has 1 aromatic rings. The zero-order chi connectivity index (χ0) is 11.4. The molecule has 1 aromatic heterocycles. The molecule has 0 bridgehead atoms. The molecule has 1 aliphatic rings. The van der Waals surface area contributed by atoms with Gasteiger partial charge in [-0.3, -0.25) is 0 Å². The van der Waals surface area contributed by atoms with E-state index in [0.29, 0.717) is 6.04 Å². The predicted octanol–water partition coefficient (Wildman–Crippen LogP) is 3.11. The van der Waals surface area contributed by atoms with Gasteiger partial charge < -0.3 is 10.6 Å². The molecule has 1 atom stereocenters. The summed E-state index contributed by atoms with van der Waals surface area (Å²) in [6.45, 7) is 5.27. The molecule has 0 spiro atoms. The molecule has 1 unspecified atom stereocenters. The van der Waals surface area contributed by atoms with Gasteiger partial charge in [-0.25, -0.2) is 4.98 Å². The normalized spacial score (nSPS) is 17.6. The lowest BCUT2D eigenvalue weighted by Gasteiger charge is -2.32. The lowest BCUT2D eigenvalue weighted by atomic mass is 9.80. The van der Waals surface area contributed by atoms with Crippen molar-refractivity contribution in [3.63, 3.8) is 0 Å². The topological polar surface area (TPSA) is 37.0 Å². The molecule has 1 aliphatic carbocycles. The van der Waals surface area contributed by atoms with Crippen LogP contribution in [0.2, 0.25) is 0 Å². The van der Waals surface area contributed by atoms with Gasteiger partial charge in [-0.1, -0.05) is 6.42 Å². The Hall–Kier alpha value is -1.25. The largest absolute Gasteiger partial charge is 0.382 e. The highest BCUT2D eigenvalue weighted by Crippen LogP contribution is 2.31. The van der Waals surface area contributed by atoms with Crippen LogP contribution in [0.25, 0.3) is 0 Å². The Morgan fingerprint density at radius 2 is 2.31 bits per heavy atom. The van der Waals surface area contributed by atoms with E-state index in [2.05, 4.69) is 35.5 Å². The van der Waals surface area contributed by atoms with Gasteiger partial charge >= 0.3 is 0 Å². The summed E-state index contributed by atoms with van der Waals surface area (Å²) in [5.41, 5.74) is 1.17. The third-order valence-corrected chi connectivity index (χ3v) is 3.37. The van der Waals surface area contributed by atoms with Crippen LogP contribution in [0, 0.1) is 5.92 Å². The van der Waals surface area contributed by atoms with E-state index >= 15 is 0 Å². The highest BCUT2D eigenvalue weighted by atomic mass is 15.0. The van der Waals surface area contributed by atoms with Crippen molar-refractivity contribution < 1.29 is 0 Å². The van der Waals surface area contributed by atoms with Crippen LogP contribution in [-0.4, -0.2) is 17.6 Å². The van der Waals surface area contributed by atoms with Gasteiger partial charge in [0, 0.05) is 30.5 Å². The fraction of sp³-hybridized carbons (Fsp3) is 0.615. The molecule has 0 aromatic carbocycles. The van der Waals surface area contributed by atoms with E-state index in [-0.39, 0.29) is 0 Å². The second kappa shape index (κ2) is 5.19. The van der Waals surface area contributed by atoms with Crippen LogP contribution in [0.3, 0.4) is 0 Å². The summed E-state index contributed by atoms with van der Waals surface area (Å²) in [5.74, 6) is 1.81. The van der Waals surface area contributed by atoms with E-state index in [9.17, 15) is 0 Å². The van der Waals surface area contributed by atoms with Crippen molar-refractivity contribution in [2.45, 2.75) is 39.2 Å². The number of nitrogens with zero attached hydrogens (tertiary/aromatic N) is 1. The molecule has 3 heteroatoms. The molecular weight excluding hydrogens is 198 g/mol. The molecule has 0 saturated heterocycles. The molecular formula is C13H21N3. The summed E-state index contributed by atoms with van der Waals surface area (Å²) < 4.78 is 0. The maximum Gasteiger partial charge on any atom is 0.127 e. The summed E-state index contributed by atoms with van der Waals surface area (Å²) in [6, 6.07) is 4.69. The fourth-order valence-electron chi connectivity index (χ4n) is 2.12. The summed E-state index contributed by atoms with van der Waals surface area (Å²) >= 11 is 0. The number of anilines is 2. The van der Waals surface area contributed by atoms with Gasteiger partial charge in [-0.05, 0) is 38.7 Å². The smallest absolute Gasteiger partial charge is 0.127 e. The minimum absolute atomic E-state index is 0.575. The molecule has 1 fully saturated rings. The summed E-state index contributed by atoms with van der Waals surface area (Å²) in [5, 5.41) is 6.79. The molecule has 0 radical (unpaired) electrons. The van der Waals surface area contributed by atoms with E-state index in [1.54, 1.807) is 0 Å². The van der Waals surface area contributed by atoms with Gasteiger partial charge in [-0.15, -0.1) is 0 Å². The first-order valence-electron chi connectivity index (χ1n) is 6.26. The lowest BCUT2D eigenvalue weighted by molar-refractivity contribution is 0.285. The van der Waals surface area contributed by atoms with E-state index in [4.69, 9.17) is 0 Å². The Kier molecular flexibility index (Phi) is 3.65. The Labute approximate surface area is 97.7 Å². The average Bonchev–Trinajstić information content (AvgIpc) is 2.15. The Balaban J connectivity index is 1.94. The van der Waals surface area contributed by atoms with Crippen LogP contribution in [0.1, 0.15) is 33.1 Å². The van der Waals surface area contributed by atoms with E-state index in [1.807, 2.05) is 12.3 Å². The van der Waals surface area contributed by atoms with Crippen LogP contribution in [0.15, 0.2) is 18.3 Å². The molecule has 16 heavy (non-hydrogen) atoms. The first-order valence-corrected chi connectivity index (χ1v) is 6.26. The first-order chi connectivity index (χ1) is 7.79. The number of pyridine rings is 1. The summed E-state index contributed by atoms with van der Waals surface area (Å²) in [4.78, 5) is 4.26. The molecule has 88 valence electrons. The van der Waals surface area contributed by atoms with Crippen molar-refractivity contribution in [3.8, 4) is 0 Å². The standard InChI is InChI=1S/C13H21N3/c1-3-14-13-9-12(7-8-15-13)16-10(2)11-5-4-6-11/h7-11H,3-6H2,1-2H3,(H2,14,15,16). The number of rotatable bonds is 5. The molecule has 1 saturated carbocycles. The van der Waals surface area contributed by atoms with Crippen molar-refractivity contribution in [1.82, 2.24) is 4.98 Å². The average molecular weight is 219 g/mol. The molecule has 0 aliphatic heterocycles. The maximum absolute atomic E-state index is 4.26. The van der Waals surface area contributed by atoms with Gasteiger partial charge in [0.1, 0.15) is 5.82 Å². The van der Waals surface area contributed by atoms with E-state index < -0.39 is 0 Å². The molecule has 2 rings (SSSR count).